The third kappa shape index (κ3) is 8.62. The summed E-state index contributed by atoms with van der Waals surface area (Å²) in [5.74, 6) is 0.565. The number of nitrogens with zero attached hydrogens (tertiary/aromatic N) is 1. The fraction of sp³-hybridized carbons (Fsp3) is 0.440. The van der Waals surface area contributed by atoms with Crippen molar-refractivity contribution in [3.05, 3.63) is 65.2 Å². The summed E-state index contributed by atoms with van der Waals surface area (Å²) in [7, 11) is 0. The first-order valence-corrected chi connectivity index (χ1v) is 11.3. The van der Waals surface area contributed by atoms with Crippen LogP contribution in [0.4, 0.5) is 0 Å². The molecule has 2 atom stereocenters. The van der Waals surface area contributed by atoms with Crippen LogP contribution in [0.5, 0.6) is 5.75 Å². The van der Waals surface area contributed by atoms with Gasteiger partial charge in [0, 0.05) is 24.0 Å². The largest absolute Gasteiger partial charge is 0.494 e. The molecule has 0 saturated carbocycles. The molecule has 0 unspecified atom stereocenters. The van der Waals surface area contributed by atoms with Crippen molar-refractivity contribution in [3.8, 4) is 5.75 Å². The standard InChI is InChI=1S/C25H33ClN2O3/c1-4-19(2)27-25(30)20(3)28(17-16-21-9-6-5-7-10-21)24(29)11-8-18-31-23-14-12-22(26)13-15-23/h5-7,9-10,12-15,19-20H,4,8,11,16-18H2,1-3H3,(H,27,30)/t19-,20-/m0/s1. The van der Waals surface area contributed by atoms with Crippen LogP contribution in [0.2, 0.25) is 5.02 Å². The summed E-state index contributed by atoms with van der Waals surface area (Å²) in [5, 5.41) is 3.64. The van der Waals surface area contributed by atoms with E-state index in [9.17, 15) is 9.59 Å². The molecule has 0 spiro atoms. The molecule has 168 valence electrons. The molecule has 0 aliphatic rings. The first-order valence-electron chi connectivity index (χ1n) is 10.9. The van der Waals surface area contributed by atoms with Crippen molar-refractivity contribution in [3.63, 3.8) is 0 Å². The second kappa shape index (κ2) is 13.0. The van der Waals surface area contributed by atoms with Gasteiger partial charge >= 0.3 is 0 Å². The van der Waals surface area contributed by atoms with Crippen LogP contribution in [-0.2, 0) is 16.0 Å². The van der Waals surface area contributed by atoms with Gasteiger partial charge < -0.3 is 15.0 Å². The minimum atomic E-state index is -0.526. The molecular weight excluding hydrogens is 412 g/mol. The lowest BCUT2D eigenvalue weighted by molar-refractivity contribution is -0.140. The molecule has 2 aromatic rings. The second-order valence-electron chi connectivity index (χ2n) is 7.72. The van der Waals surface area contributed by atoms with E-state index in [0.29, 0.717) is 37.4 Å². The molecule has 0 saturated heterocycles. The van der Waals surface area contributed by atoms with Crippen LogP contribution in [0, 0.1) is 0 Å². The van der Waals surface area contributed by atoms with Crippen LogP contribution in [-0.4, -0.2) is 41.9 Å². The summed E-state index contributed by atoms with van der Waals surface area (Å²) in [6, 6.07) is 16.7. The van der Waals surface area contributed by atoms with Crippen LogP contribution in [0.3, 0.4) is 0 Å². The highest BCUT2D eigenvalue weighted by Gasteiger charge is 2.26. The summed E-state index contributed by atoms with van der Waals surface area (Å²) in [6.07, 6.45) is 2.44. The van der Waals surface area contributed by atoms with E-state index in [-0.39, 0.29) is 17.9 Å². The minimum Gasteiger partial charge on any atom is -0.494 e. The molecule has 2 rings (SSSR count). The summed E-state index contributed by atoms with van der Waals surface area (Å²) >= 11 is 5.88. The van der Waals surface area contributed by atoms with E-state index >= 15 is 0 Å². The monoisotopic (exact) mass is 444 g/mol. The molecule has 6 heteroatoms. The second-order valence-corrected chi connectivity index (χ2v) is 8.16. The van der Waals surface area contributed by atoms with Crippen LogP contribution < -0.4 is 10.1 Å². The number of halogens is 1. The highest BCUT2D eigenvalue weighted by molar-refractivity contribution is 6.30. The van der Waals surface area contributed by atoms with Crippen molar-refractivity contribution < 1.29 is 14.3 Å². The maximum Gasteiger partial charge on any atom is 0.242 e. The number of rotatable bonds is 12. The molecule has 5 nitrogen and oxygen atoms in total. The lowest BCUT2D eigenvalue weighted by Crippen LogP contribution is -2.50. The van der Waals surface area contributed by atoms with E-state index in [1.807, 2.05) is 44.2 Å². The number of amides is 2. The highest BCUT2D eigenvalue weighted by Crippen LogP contribution is 2.16. The number of carbonyl (C=O) groups is 2. The zero-order valence-corrected chi connectivity index (χ0v) is 19.4. The van der Waals surface area contributed by atoms with Gasteiger partial charge in [-0.15, -0.1) is 0 Å². The quantitative estimate of drug-likeness (QED) is 0.475. The number of carbonyl (C=O) groups excluding carboxylic acids is 2. The van der Waals surface area contributed by atoms with Crippen molar-refractivity contribution in [2.45, 2.75) is 58.5 Å². The van der Waals surface area contributed by atoms with Crippen LogP contribution in [0.1, 0.15) is 45.6 Å². The maximum atomic E-state index is 13.0. The Balaban J connectivity index is 1.93. The highest BCUT2D eigenvalue weighted by atomic mass is 35.5. The van der Waals surface area contributed by atoms with Crippen molar-refractivity contribution in [2.75, 3.05) is 13.2 Å². The van der Waals surface area contributed by atoms with Crippen LogP contribution in [0.15, 0.2) is 54.6 Å². The van der Waals surface area contributed by atoms with E-state index in [0.717, 1.165) is 17.7 Å². The Bertz CT molecular complexity index is 811. The average Bonchev–Trinajstić information content (AvgIpc) is 2.78. The lowest BCUT2D eigenvalue weighted by atomic mass is 10.1. The van der Waals surface area contributed by atoms with Gasteiger partial charge in [-0.2, -0.15) is 0 Å². The molecule has 2 aromatic carbocycles. The number of hydrogen-bond donors (Lipinski definition) is 1. The fourth-order valence-corrected chi connectivity index (χ4v) is 3.25. The van der Waals surface area contributed by atoms with Crippen molar-refractivity contribution >= 4 is 23.4 Å². The first-order chi connectivity index (χ1) is 14.9. The molecule has 31 heavy (non-hydrogen) atoms. The Kier molecular flexibility index (Phi) is 10.4. The minimum absolute atomic E-state index is 0.0394. The normalized spacial score (nSPS) is 12.6. The maximum absolute atomic E-state index is 13.0. The molecule has 2 amide bonds. The van der Waals surface area contributed by atoms with Gasteiger partial charge in [-0.25, -0.2) is 0 Å². The van der Waals surface area contributed by atoms with Gasteiger partial charge in [0.25, 0.3) is 0 Å². The van der Waals surface area contributed by atoms with Gasteiger partial charge in [-0.1, -0.05) is 48.9 Å². The molecule has 0 heterocycles. The van der Waals surface area contributed by atoms with Crippen LogP contribution in [0.25, 0.3) is 0 Å². The third-order valence-electron chi connectivity index (χ3n) is 5.27. The number of nitrogens with one attached hydrogen (secondary N) is 1. The van der Waals surface area contributed by atoms with E-state index in [1.54, 1.807) is 36.1 Å². The van der Waals surface area contributed by atoms with E-state index < -0.39 is 6.04 Å². The molecule has 0 aromatic heterocycles. The third-order valence-corrected chi connectivity index (χ3v) is 5.52. The Morgan fingerprint density at radius 2 is 1.74 bits per heavy atom. The fourth-order valence-electron chi connectivity index (χ4n) is 3.12. The zero-order chi connectivity index (χ0) is 22.6. The topological polar surface area (TPSA) is 58.6 Å². The Labute approximate surface area is 190 Å². The lowest BCUT2D eigenvalue weighted by Gasteiger charge is -2.29. The number of ether oxygens (including phenoxy) is 1. The summed E-state index contributed by atoms with van der Waals surface area (Å²) in [6.45, 7) is 6.71. The van der Waals surface area contributed by atoms with E-state index in [1.165, 1.54) is 0 Å². The van der Waals surface area contributed by atoms with Crippen molar-refractivity contribution in [2.24, 2.45) is 0 Å². The molecule has 0 fully saturated rings. The Morgan fingerprint density at radius 3 is 2.39 bits per heavy atom. The predicted octanol–water partition coefficient (Wildman–Crippen LogP) is 4.87. The van der Waals surface area contributed by atoms with Gasteiger partial charge in [0.05, 0.1) is 6.61 Å². The smallest absolute Gasteiger partial charge is 0.242 e. The van der Waals surface area contributed by atoms with Gasteiger partial charge in [-0.05, 0) is 62.9 Å². The van der Waals surface area contributed by atoms with Gasteiger partial charge in [0.2, 0.25) is 11.8 Å². The zero-order valence-electron chi connectivity index (χ0n) is 18.6. The number of benzene rings is 2. The predicted molar refractivity (Wildman–Crippen MR) is 125 cm³/mol. The molecule has 0 aliphatic carbocycles. The summed E-state index contributed by atoms with van der Waals surface area (Å²) in [5.41, 5.74) is 1.14. The Hall–Kier alpha value is -2.53. The van der Waals surface area contributed by atoms with Gasteiger partial charge in [-0.3, -0.25) is 9.59 Å². The summed E-state index contributed by atoms with van der Waals surface area (Å²) < 4.78 is 5.69. The van der Waals surface area contributed by atoms with Crippen molar-refractivity contribution in [1.82, 2.24) is 10.2 Å². The SMILES string of the molecule is CC[C@H](C)NC(=O)[C@H](C)N(CCc1ccccc1)C(=O)CCCOc1ccc(Cl)cc1. The van der Waals surface area contributed by atoms with Gasteiger partial charge in [0.15, 0.2) is 0 Å². The molecule has 0 radical (unpaired) electrons. The molecule has 1 N–H and O–H groups in total. The van der Waals surface area contributed by atoms with Gasteiger partial charge in [0.1, 0.15) is 11.8 Å². The van der Waals surface area contributed by atoms with E-state index in [2.05, 4.69) is 5.32 Å². The summed E-state index contributed by atoms with van der Waals surface area (Å²) in [4.78, 5) is 27.4. The van der Waals surface area contributed by atoms with Crippen molar-refractivity contribution in [1.29, 1.82) is 0 Å². The average molecular weight is 445 g/mol. The molecule has 0 bridgehead atoms. The molecule has 0 aliphatic heterocycles. The number of hydrogen-bond acceptors (Lipinski definition) is 3. The van der Waals surface area contributed by atoms with E-state index in [4.69, 9.17) is 16.3 Å². The van der Waals surface area contributed by atoms with Crippen LogP contribution >= 0.6 is 11.6 Å². The Morgan fingerprint density at radius 1 is 1.06 bits per heavy atom. The molecular formula is C25H33ClN2O3. The first kappa shape index (κ1) is 24.7.